The van der Waals surface area contributed by atoms with E-state index in [4.69, 9.17) is 31.2 Å². The zero-order chi connectivity index (χ0) is 31.3. The van der Waals surface area contributed by atoms with Gasteiger partial charge in [-0.05, 0) is 54.4 Å². The zero-order valence-electron chi connectivity index (χ0n) is 24.5. The molecule has 6 rings (SSSR count). The number of hydrogen-bond donors (Lipinski definition) is 2. The van der Waals surface area contributed by atoms with Crippen LogP contribution in [0.2, 0.25) is 5.02 Å². The molecule has 0 saturated carbocycles. The summed E-state index contributed by atoms with van der Waals surface area (Å²) in [5.74, 6) is 1.54. The van der Waals surface area contributed by atoms with E-state index in [9.17, 15) is 9.18 Å². The Morgan fingerprint density at radius 2 is 1.78 bits per heavy atom. The predicted octanol–water partition coefficient (Wildman–Crippen LogP) is 7.88. The molecule has 0 aliphatic carbocycles. The summed E-state index contributed by atoms with van der Waals surface area (Å²) < 4.78 is 27.3. The van der Waals surface area contributed by atoms with Gasteiger partial charge in [0.05, 0.1) is 23.4 Å². The highest BCUT2D eigenvalue weighted by atomic mass is 35.5. The summed E-state index contributed by atoms with van der Waals surface area (Å²) in [6.07, 6.45) is 0. The molecule has 2 heterocycles. The Bertz CT molecular complexity index is 1840. The fourth-order valence-corrected chi connectivity index (χ4v) is 6.03. The van der Waals surface area contributed by atoms with Crippen LogP contribution in [0.5, 0.6) is 11.5 Å². The van der Waals surface area contributed by atoms with Crippen LogP contribution in [0.15, 0.2) is 113 Å². The number of carbonyl (C=O) groups excluding carboxylic acids is 1. The number of anilines is 2. The lowest BCUT2D eigenvalue weighted by molar-refractivity contribution is -0.113. The van der Waals surface area contributed by atoms with Crippen molar-refractivity contribution in [1.29, 1.82) is 0 Å². The average Bonchev–Trinajstić information content (AvgIpc) is 3.46. The molecule has 1 unspecified atom stereocenters. The summed E-state index contributed by atoms with van der Waals surface area (Å²) >= 11 is 7.68. The Labute approximate surface area is 269 Å². The SMILES string of the molecule is COc1ccccc1NC(=O)C1=C(C)Nc2nc(SCc3ccccc3)nn2C1c1ccc(OCc2c(F)cccc2Cl)cc1. The maximum Gasteiger partial charge on any atom is 0.255 e. The molecular formula is C34H29ClFN5O3S. The van der Waals surface area contributed by atoms with Gasteiger partial charge < -0.3 is 20.1 Å². The first-order chi connectivity index (χ1) is 21.9. The number of carbonyl (C=O) groups is 1. The molecule has 0 fully saturated rings. The van der Waals surface area contributed by atoms with Crippen molar-refractivity contribution in [2.75, 3.05) is 17.7 Å². The van der Waals surface area contributed by atoms with Gasteiger partial charge in [0.1, 0.15) is 30.0 Å². The summed E-state index contributed by atoms with van der Waals surface area (Å²) in [6.45, 7) is 1.81. The molecule has 0 saturated heterocycles. The number of rotatable bonds is 10. The molecule has 1 aliphatic heterocycles. The van der Waals surface area contributed by atoms with Crippen molar-refractivity contribution in [2.45, 2.75) is 30.5 Å². The standard InChI is InChI=1S/C34H29ClFN5O3S/c1-21-30(32(42)38-28-13-6-7-14-29(28)43-2)31(41-33(37-21)39-34(40-41)45-20-22-9-4-3-5-10-22)23-15-17-24(18-16-23)44-19-25-26(35)11-8-12-27(25)36/h3-18,31H,19-20H2,1-2H3,(H,38,42)(H,37,39,40). The first-order valence-corrected chi connectivity index (χ1v) is 15.5. The van der Waals surface area contributed by atoms with Crippen LogP contribution in [-0.2, 0) is 17.2 Å². The summed E-state index contributed by atoms with van der Waals surface area (Å²) in [4.78, 5) is 18.7. The Kier molecular flexibility index (Phi) is 9.04. The van der Waals surface area contributed by atoms with Crippen LogP contribution in [0.4, 0.5) is 16.0 Å². The van der Waals surface area contributed by atoms with E-state index < -0.39 is 11.9 Å². The van der Waals surface area contributed by atoms with Gasteiger partial charge >= 0.3 is 0 Å². The highest BCUT2D eigenvalue weighted by Crippen LogP contribution is 2.38. The van der Waals surface area contributed by atoms with Crippen molar-refractivity contribution in [3.63, 3.8) is 0 Å². The fraction of sp³-hybridized carbons (Fsp3) is 0.147. The van der Waals surface area contributed by atoms with Gasteiger partial charge in [0, 0.05) is 17.0 Å². The predicted molar refractivity (Wildman–Crippen MR) is 174 cm³/mol. The molecule has 45 heavy (non-hydrogen) atoms. The van der Waals surface area contributed by atoms with Crippen molar-refractivity contribution in [1.82, 2.24) is 14.8 Å². The maximum atomic E-state index is 14.3. The second-order valence-corrected chi connectivity index (χ2v) is 11.6. The normalized spacial score (nSPS) is 14.0. The molecule has 11 heteroatoms. The average molecular weight is 642 g/mol. The van der Waals surface area contributed by atoms with E-state index in [1.807, 2.05) is 49.4 Å². The van der Waals surface area contributed by atoms with Crippen LogP contribution in [0.25, 0.3) is 0 Å². The van der Waals surface area contributed by atoms with Gasteiger partial charge in [-0.15, -0.1) is 5.10 Å². The fourth-order valence-electron chi connectivity index (χ4n) is 5.03. The Morgan fingerprint density at radius 3 is 2.53 bits per heavy atom. The summed E-state index contributed by atoms with van der Waals surface area (Å²) in [6, 6.07) is 28.5. The number of nitrogens with zero attached hydrogens (tertiary/aromatic N) is 3. The number of allylic oxidation sites excluding steroid dienone is 1. The maximum absolute atomic E-state index is 14.3. The van der Waals surface area contributed by atoms with Crippen LogP contribution < -0.4 is 20.1 Å². The highest BCUT2D eigenvalue weighted by molar-refractivity contribution is 7.98. The number of amides is 1. The quantitative estimate of drug-likeness (QED) is 0.150. The number of thioether (sulfide) groups is 1. The number of aromatic nitrogens is 3. The molecule has 1 aliphatic rings. The minimum Gasteiger partial charge on any atom is -0.495 e. The third-order valence-electron chi connectivity index (χ3n) is 7.28. The van der Waals surface area contributed by atoms with Crippen LogP contribution in [0.1, 0.15) is 29.7 Å². The molecular weight excluding hydrogens is 613 g/mol. The second kappa shape index (κ2) is 13.5. The Balaban J connectivity index is 1.31. The highest BCUT2D eigenvalue weighted by Gasteiger charge is 2.34. The minimum atomic E-state index is -0.607. The molecule has 1 aromatic heterocycles. The van der Waals surface area contributed by atoms with E-state index in [1.54, 1.807) is 48.2 Å². The first-order valence-electron chi connectivity index (χ1n) is 14.1. The second-order valence-electron chi connectivity index (χ2n) is 10.2. The molecule has 1 amide bonds. The smallest absolute Gasteiger partial charge is 0.255 e. The third kappa shape index (κ3) is 6.67. The minimum absolute atomic E-state index is 0.0288. The van der Waals surface area contributed by atoms with E-state index in [1.165, 1.54) is 17.8 Å². The van der Waals surface area contributed by atoms with Crippen molar-refractivity contribution in [3.8, 4) is 11.5 Å². The van der Waals surface area contributed by atoms with Crippen molar-refractivity contribution < 1.29 is 18.7 Å². The molecule has 5 aromatic rings. The molecule has 228 valence electrons. The van der Waals surface area contributed by atoms with Gasteiger partial charge in [0.2, 0.25) is 11.1 Å². The van der Waals surface area contributed by atoms with Crippen molar-refractivity contribution >= 4 is 40.9 Å². The lowest BCUT2D eigenvalue weighted by Gasteiger charge is -2.29. The third-order valence-corrected chi connectivity index (χ3v) is 8.55. The van der Waals surface area contributed by atoms with Gasteiger partial charge in [-0.3, -0.25) is 4.79 Å². The topological polar surface area (TPSA) is 90.3 Å². The number of halogens is 2. The molecule has 0 radical (unpaired) electrons. The molecule has 2 N–H and O–H groups in total. The lowest BCUT2D eigenvalue weighted by Crippen LogP contribution is -2.31. The van der Waals surface area contributed by atoms with E-state index in [0.717, 1.165) is 11.1 Å². The van der Waals surface area contributed by atoms with Crippen molar-refractivity contribution in [2.24, 2.45) is 0 Å². The van der Waals surface area contributed by atoms with Crippen LogP contribution >= 0.6 is 23.4 Å². The zero-order valence-corrected chi connectivity index (χ0v) is 26.0. The molecule has 1 atom stereocenters. The molecule has 0 spiro atoms. The summed E-state index contributed by atoms with van der Waals surface area (Å²) in [5, 5.41) is 12.0. The number of methoxy groups -OCH3 is 1. The Morgan fingerprint density at radius 1 is 1.02 bits per heavy atom. The number of benzene rings is 4. The van der Waals surface area contributed by atoms with Gasteiger partial charge in [-0.2, -0.15) is 4.98 Å². The first kappa shape index (κ1) is 30.2. The number of fused-ring (bicyclic) bond motifs is 1. The van der Waals surface area contributed by atoms with E-state index in [0.29, 0.717) is 50.3 Å². The van der Waals surface area contributed by atoms with E-state index in [2.05, 4.69) is 22.8 Å². The monoisotopic (exact) mass is 641 g/mol. The van der Waals surface area contributed by atoms with Gasteiger partial charge in [-0.1, -0.05) is 84.0 Å². The molecule has 0 bridgehead atoms. The van der Waals surface area contributed by atoms with Crippen LogP contribution in [0.3, 0.4) is 0 Å². The van der Waals surface area contributed by atoms with Crippen molar-refractivity contribution in [3.05, 3.63) is 136 Å². The largest absolute Gasteiger partial charge is 0.495 e. The molecule has 8 nitrogen and oxygen atoms in total. The van der Waals surface area contributed by atoms with Gasteiger partial charge in [-0.25, -0.2) is 9.07 Å². The number of nitrogens with one attached hydrogen (secondary N) is 2. The van der Waals surface area contributed by atoms with E-state index in [-0.39, 0.29) is 18.1 Å². The summed E-state index contributed by atoms with van der Waals surface area (Å²) in [5.41, 5.74) is 3.86. The van der Waals surface area contributed by atoms with Crippen LogP contribution in [0, 0.1) is 5.82 Å². The summed E-state index contributed by atoms with van der Waals surface area (Å²) in [7, 11) is 1.56. The number of hydrogen-bond acceptors (Lipinski definition) is 7. The lowest BCUT2D eigenvalue weighted by atomic mass is 9.95. The molecule has 4 aromatic carbocycles. The van der Waals surface area contributed by atoms with Gasteiger partial charge in [0.15, 0.2) is 0 Å². The number of para-hydroxylation sites is 2. The number of ether oxygens (including phenoxy) is 2. The van der Waals surface area contributed by atoms with E-state index >= 15 is 0 Å². The van der Waals surface area contributed by atoms with Gasteiger partial charge in [0.25, 0.3) is 5.91 Å². The Hall–Kier alpha value is -4.80. The van der Waals surface area contributed by atoms with Crippen LogP contribution in [-0.4, -0.2) is 27.8 Å².